The number of rotatable bonds is 7. The average Bonchev–Trinajstić information content (AvgIpc) is 2.68. The van der Waals surface area contributed by atoms with Gasteiger partial charge in [0.15, 0.2) is 0 Å². The van der Waals surface area contributed by atoms with Crippen LogP contribution < -0.4 is 0 Å². The molecule has 0 aliphatic carbocycles. The van der Waals surface area contributed by atoms with Crippen LogP contribution in [0.1, 0.15) is 20.8 Å². The zero-order valence-corrected chi connectivity index (χ0v) is 19.8. The molecule has 0 radical (unpaired) electrons. The van der Waals surface area contributed by atoms with E-state index < -0.39 is 32.7 Å². The van der Waals surface area contributed by atoms with Crippen molar-refractivity contribution >= 4 is 37.7 Å². The number of sulfonamides is 1. The van der Waals surface area contributed by atoms with Crippen LogP contribution in [0.2, 0.25) is 0 Å². The number of nitro groups is 1. The van der Waals surface area contributed by atoms with Gasteiger partial charge in [-0.3, -0.25) is 15.0 Å². The van der Waals surface area contributed by atoms with Crippen molar-refractivity contribution in [2.24, 2.45) is 0 Å². The topological polar surface area (TPSA) is 119 Å². The first kappa shape index (κ1) is 25.0. The van der Waals surface area contributed by atoms with Gasteiger partial charge in [0.2, 0.25) is 0 Å². The number of hydrogen-bond donors (Lipinski definition) is 0. The summed E-state index contributed by atoms with van der Waals surface area (Å²) in [7, 11) is -4.24. The Labute approximate surface area is 189 Å². The summed E-state index contributed by atoms with van der Waals surface area (Å²) in [6, 6.07) is 3.55. The van der Waals surface area contributed by atoms with Gasteiger partial charge in [0.1, 0.15) is 11.6 Å². The summed E-state index contributed by atoms with van der Waals surface area (Å²) in [5, 5.41) is 10.9. The lowest BCUT2D eigenvalue weighted by Crippen LogP contribution is -2.51. The number of carbonyl (C=O) groups is 1. The zero-order chi connectivity index (χ0) is 23.4. The Morgan fingerprint density at radius 3 is 2.52 bits per heavy atom. The fourth-order valence-electron chi connectivity index (χ4n) is 2.64. The first-order valence-electron chi connectivity index (χ1n) is 9.23. The van der Waals surface area contributed by atoms with Crippen molar-refractivity contribution in [3.8, 4) is 0 Å². The van der Waals surface area contributed by atoms with Crippen molar-refractivity contribution in [3.63, 3.8) is 0 Å². The molecule has 0 fully saturated rings. The molecule has 2 rings (SSSR count). The van der Waals surface area contributed by atoms with Gasteiger partial charge in [-0.25, -0.2) is 13.2 Å². The lowest BCUT2D eigenvalue weighted by Gasteiger charge is -2.36. The number of halogens is 1. The van der Waals surface area contributed by atoms with Crippen LogP contribution in [0, 0.1) is 10.1 Å². The normalized spacial score (nSPS) is 17.3. The van der Waals surface area contributed by atoms with E-state index >= 15 is 0 Å². The second-order valence-corrected chi connectivity index (χ2v) is 10.3. The van der Waals surface area contributed by atoms with Crippen LogP contribution in [0.5, 0.6) is 0 Å². The lowest BCUT2D eigenvalue weighted by molar-refractivity contribution is -0.384. The van der Waals surface area contributed by atoms with E-state index in [1.807, 2.05) is 0 Å². The van der Waals surface area contributed by atoms with Gasteiger partial charge in [0, 0.05) is 29.7 Å². The van der Waals surface area contributed by atoms with Gasteiger partial charge in [0.25, 0.3) is 15.7 Å². The van der Waals surface area contributed by atoms with E-state index in [0.717, 1.165) is 28.7 Å². The molecule has 1 aliphatic heterocycles. The van der Waals surface area contributed by atoms with E-state index in [1.54, 1.807) is 26.8 Å². The van der Waals surface area contributed by atoms with Gasteiger partial charge in [-0.1, -0.05) is 32.6 Å². The monoisotopic (exact) mass is 517 g/mol. The third-order valence-electron chi connectivity index (χ3n) is 4.03. The number of benzene rings is 1. The molecule has 1 aliphatic rings. The second kappa shape index (κ2) is 9.90. The van der Waals surface area contributed by atoms with E-state index in [-0.39, 0.29) is 30.3 Å². The number of nitrogens with zero attached hydrogens (tertiary/aromatic N) is 3. The van der Waals surface area contributed by atoms with Crippen molar-refractivity contribution in [2.45, 2.75) is 37.3 Å². The quantitative estimate of drug-likeness (QED) is 0.307. The molecule has 10 nitrogen and oxygen atoms in total. The summed E-state index contributed by atoms with van der Waals surface area (Å²) < 4.78 is 33.2. The third kappa shape index (κ3) is 6.35. The molecule has 1 aromatic rings. The molecule has 1 unspecified atom stereocenters. The summed E-state index contributed by atoms with van der Waals surface area (Å²) >= 11 is 3.36. The number of nitro benzene ring substituents is 1. The highest BCUT2D eigenvalue weighted by Gasteiger charge is 2.39. The highest BCUT2D eigenvalue weighted by molar-refractivity contribution is 9.11. The molecule has 1 heterocycles. The standard InChI is InChI=1S/C19H24BrN3O7S/c1-5-12-29-23(31(27,28)15-8-6-14(7-9-15)22(25)26)17-13-21(11-10-16(17)20)18(24)30-19(2,3)4/h5-10,17H,1,11-13H2,2-4H3. The summed E-state index contributed by atoms with van der Waals surface area (Å²) in [6.07, 6.45) is 2.43. The van der Waals surface area contributed by atoms with Crippen LogP contribution in [0.3, 0.4) is 0 Å². The van der Waals surface area contributed by atoms with Gasteiger partial charge in [-0.05, 0) is 32.9 Å². The summed E-state index contributed by atoms with van der Waals surface area (Å²) in [4.78, 5) is 29.4. The molecule has 1 amide bonds. The highest BCUT2D eigenvalue weighted by atomic mass is 79.9. The Kier molecular flexibility index (Phi) is 7.98. The van der Waals surface area contributed by atoms with Crippen molar-refractivity contribution in [1.82, 2.24) is 9.37 Å². The largest absolute Gasteiger partial charge is 0.444 e. The van der Waals surface area contributed by atoms with Crippen molar-refractivity contribution in [3.05, 3.63) is 57.6 Å². The van der Waals surface area contributed by atoms with Crippen LogP contribution in [-0.2, 0) is 19.6 Å². The number of ether oxygens (including phenoxy) is 1. The molecule has 0 saturated carbocycles. The Bertz CT molecular complexity index is 971. The van der Waals surface area contributed by atoms with Crippen LogP contribution in [0.15, 0.2) is 52.4 Å². The molecule has 12 heteroatoms. The van der Waals surface area contributed by atoms with Crippen molar-refractivity contribution in [2.75, 3.05) is 19.7 Å². The molecule has 1 aromatic carbocycles. The first-order chi connectivity index (χ1) is 14.4. The van der Waals surface area contributed by atoms with Crippen LogP contribution in [0.4, 0.5) is 10.5 Å². The maximum absolute atomic E-state index is 13.3. The molecule has 0 N–H and O–H groups in total. The highest BCUT2D eigenvalue weighted by Crippen LogP contribution is 2.29. The Morgan fingerprint density at radius 1 is 1.39 bits per heavy atom. The van der Waals surface area contributed by atoms with Gasteiger partial charge in [-0.15, -0.1) is 6.58 Å². The van der Waals surface area contributed by atoms with Gasteiger partial charge in [-0.2, -0.15) is 0 Å². The Morgan fingerprint density at radius 2 is 2.00 bits per heavy atom. The van der Waals surface area contributed by atoms with E-state index in [0.29, 0.717) is 4.48 Å². The van der Waals surface area contributed by atoms with E-state index in [4.69, 9.17) is 9.57 Å². The zero-order valence-electron chi connectivity index (χ0n) is 17.4. The van der Waals surface area contributed by atoms with Crippen LogP contribution in [-0.4, -0.2) is 60.1 Å². The summed E-state index contributed by atoms with van der Waals surface area (Å²) in [5.74, 6) is 0. The maximum atomic E-state index is 13.3. The minimum Gasteiger partial charge on any atom is -0.444 e. The fraction of sp³-hybridized carbons (Fsp3) is 0.421. The van der Waals surface area contributed by atoms with E-state index in [9.17, 15) is 23.3 Å². The van der Waals surface area contributed by atoms with Gasteiger partial charge < -0.3 is 9.64 Å². The van der Waals surface area contributed by atoms with Crippen molar-refractivity contribution < 1.29 is 27.7 Å². The predicted molar refractivity (Wildman–Crippen MR) is 117 cm³/mol. The molecule has 0 aromatic heterocycles. The molecule has 170 valence electrons. The minimum absolute atomic E-state index is 0.0324. The number of hydroxylamine groups is 1. The molecule has 0 spiro atoms. The van der Waals surface area contributed by atoms with Gasteiger partial charge in [0.05, 0.1) is 16.4 Å². The molecule has 0 saturated heterocycles. The Balaban J connectivity index is 2.38. The molecular weight excluding hydrogens is 494 g/mol. The number of hydrogen-bond acceptors (Lipinski definition) is 7. The molecular formula is C19H24BrN3O7S. The minimum atomic E-state index is -4.24. The van der Waals surface area contributed by atoms with E-state index in [1.165, 1.54) is 11.0 Å². The number of non-ortho nitro benzene ring substituents is 1. The molecule has 1 atom stereocenters. The second-order valence-electron chi connectivity index (χ2n) is 7.59. The smallest absolute Gasteiger partial charge is 0.410 e. The maximum Gasteiger partial charge on any atom is 0.410 e. The third-order valence-corrected chi connectivity index (χ3v) is 6.58. The first-order valence-corrected chi connectivity index (χ1v) is 11.5. The van der Waals surface area contributed by atoms with Crippen LogP contribution >= 0.6 is 15.9 Å². The molecule has 0 bridgehead atoms. The predicted octanol–water partition coefficient (Wildman–Crippen LogP) is 3.60. The summed E-state index contributed by atoms with van der Waals surface area (Å²) in [6.45, 7) is 8.81. The van der Waals surface area contributed by atoms with Crippen LogP contribution in [0.25, 0.3) is 0 Å². The fourth-order valence-corrected chi connectivity index (χ4v) is 4.66. The lowest BCUT2D eigenvalue weighted by atomic mass is 10.2. The Hall–Kier alpha value is -2.28. The molecule has 31 heavy (non-hydrogen) atoms. The number of carbonyl (C=O) groups excluding carboxylic acids is 1. The SMILES string of the molecule is C=CCON(C1CN(C(=O)OC(C)(C)C)CC=C1Br)S(=O)(=O)c1ccc([N+](=O)[O-])cc1. The van der Waals surface area contributed by atoms with Crippen molar-refractivity contribution in [1.29, 1.82) is 0 Å². The average molecular weight is 518 g/mol. The van der Waals surface area contributed by atoms with E-state index in [2.05, 4.69) is 22.5 Å². The summed E-state index contributed by atoms with van der Waals surface area (Å²) in [5.41, 5.74) is -0.957. The van der Waals surface area contributed by atoms with Gasteiger partial charge >= 0.3 is 6.09 Å². The number of amides is 1.